The first kappa shape index (κ1) is 16.6. The third-order valence-corrected chi connectivity index (χ3v) is 5.58. The van der Waals surface area contributed by atoms with Gasteiger partial charge in [-0.3, -0.25) is 0 Å². The summed E-state index contributed by atoms with van der Waals surface area (Å²) in [5.74, 6) is 0. The maximum absolute atomic E-state index is 3.89. The first-order valence-electron chi connectivity index (χ1n) is 8.76. The van der Waals surface area contributed by atoms with Crippen molar-refractivity contribution in [3.8, 4) is 0 Å². The minimum absolute atomic E-state index is 1.16. The molecule has 0 amide bonds. The molecule has 126 valence electrons. The molecule has 0 nitrogen and oxygen atoms in total. The van der Waals surface area contributed by atoms with Crippen LogP contribution >= 0.6 is 11.3 Å². The van der Waals surface area contributed by atoms with Crippen molar-refractivity contribution in [1.82, 2.24) is 0 Å². The van der Waals surface area contributed by atoms with Gasteiger partial charge in [-0.15, -0.1) is 11.3 Å². The fourth-order valence-electron chi connectivity index (χ4n) is 3.22. The van der Waals surface area contributed by atoms with E-state index in [1.807, 2.05) is 24.3 Å². The fraction of sp³-hybridized carbons (Fsp3) is 0.0400. The molecule has 0 aliphatic carbocycles. The number of benzene rings is 3. The van der Waals surface area contributed by atoms with Gasteiger partial charge in [-0.1, -0.05) is 67.3 Å². The number of hydrogen-bond donors (Lipinski definition) is 0. The highest BCUT2D eigenvalue weighted by molar-refractivity contribution is 7.20. The molecule has 0 aliphatic rings. The Labute approximate surface area is 158 Å². The molecule has 1 heterocycles. The molecular formula is C25H20S. The third kappa shape index (κ3) is 3.26. The second kappa shape index (κ2) is 7.15. The maximum Gasteiger partial charge on any atom is 0.0355 e. The van der Waals surface area contributed by atoms with Crippen LogP contribution in [0.3, 0.4) is 0 Å². The van der Waals surface area contributed by atoms with Gasteiger partial charge in [-0.2, -0.15) is 0 Å². The van der Waals surface area contributed by atoms with Crippen molar-refractivity contribution in [3.63, 3.8) is 0 Å². The van der Waals surface area contributed by atoms with Crippen molar-refractivity contribution < 1.29 is 0 Å². The normalized spacial score (nSPS) is 11.9. The first-order valence-corrected chi connectivity index (χ1v) is 9.58. The molecule has 0 saturated carbocycles. The Hall–Kier alpha value is -2.90. The number of thiophene rings is 1. The van der Waals surface area contributed by atoms with Crippen molar-refractivity contribution in [1.29, 1.82) is 0 Å². The Morgan fingerprint density at radius 1 is 0.769 bits per heavy atom. The summed E-state index contributed by atoms with van der Waals surface area (Å²) in [6, 6.07) is 21.8. The molecule has 0 saturated heterocycles. The topological polar surface area (TPSA) is 0 Å². The Kier molecular flexibility index (Phi) is 4.55. The van der Waals surface area contributed by atoms with Gasteiger partial charge in [0.05, 0.1) is 0 Å². The average Bonchev–Trinajstić information content (AvgIpc) is 3.06. The minimum atomic E-state index is 1.16. The molecule has 26 heavy (non-hydrogen) atoms. The molecule has 0 bridgehead atoms. The van der Waals surface area contributed by atoms with Gasteiger partial charge in [-0.05, 0) is 70.1 Å². The molecule has 0 fully saturated rings. The van der Waals surface area contributed by atoms with Crippen LogP contribution < -0.4 is 0 Å². The van der Waals surface area contributed by atoms with Crippen LogP contribution in [0, 0.1) is 0 Å². The van der Waals surface area contributed by atoms with Gasteiger partial charge in [0.2, 0.25) is 0 Å². The van der Waals surface area contributed by atoms with E-state index in [4.69, 9.17) is 0 Å². The molecular weight excluding hydrogens is 332 g/mol. The average molecular weight is 353 g/mol. The quantitative estimate of drug-likeness (QED) is 0.350. The van der Waals surface area contributed by atoms with Crippen LogP contribution in [0.25, 0.3) is 45.2 Å². The molecule has 3 aromatic carbocycles. The van der Waals surface area contributed by atoms with E-state index < -0.39 is 0 Å². The molecule has 4 aromatic rings. The van der Waals surface area contributed by atoms with Crippen LogP contribution in [0.2, 0.25) is 0 Å². The zero-order valence-corrected chi connectivity index (χ0v) is 15.6. The molecule has 0 atom stereocenters. The number of allylic oxidation sites excluding steroid dienone is 1. The molecule has 1 heteroatoms. The lowest BCUT2D eigenvalue weighted by atomic mass is 10.0. The van der Waals surface area contributed by atoms with E-state index in [1.165, 1.54) is 36.9 Å². The van der Waals surface area contributed by atoms with Crippen molar-refractivity contribution >= 4 is 56.5 Å². The number of rotatable bonds is 4. The second-order valence-corrected chi connectivity index (χ2v) is 7.43. The molecule has 4 rings (SSSR count). The van der Waals surface area contributed by atoms with Gasteiger partial charge in [0.1, 0.15) is 0 Å². The van der Waals surface area contributed by atoms with Crippen molar-refractivity contribution in [2.24, 2.45) is 0 Å². The third-order valence-electron chi connectivity index (χ3n) is 4.52. The van der Waals surface area contributed by atoms with Crippen LogP contribution in [0.4, 0.5) is 0 Å². The van der Waals surface area contributed by atoms with E-state index >= 15 is 0 Å². The maximum atomic E-state index is 3.89. The Morgan fingerprint density at radius 3 is 2.35 bits per heavy atom. The Bertz CT molecular complexity index is 1100. The predicted octanol–water partition coefficient (Wildman–Crippen LogP) is 7.90. The summed E-state index contributed by atoms with van der Waals surface area (Å²) in [4.78, 5) is 1.27. The smallest absolute Gasteiger partial charge is 0.0355 e. The lowest BCUT2D eigenvalue weighted by Gasteiger charge is -2.02. The van der Waals surface area contributed by atoms with Gasteiger partial charge in [0.15, 0.2) is 0 Å². The highest BCUT2D eigenvalue weighted by Gasteiger charge is 2.02. The predicted molar refractivity (Wildman–Crippen MR) is 120 cm³/mol. The van der Waals surface area contributed by atoms with Gasteiger partial charge < -0.3 is 0 Å². The van der Waals surface area contributed by atoms with Crippen molar-refractivity contribution in [2.75, 3.05) is 0 Å². The van der Waals surface area contributed by atoms with Crippen molar-refractivity contribution in [2.45, 2.75) is 6.92 Å². The summed E-state index contributed by atoms with van der Waals surface area (Å²) in [5, 5.41) is 3.91. The summed E-state index contributed by atoms with van der Waals surface area (Å²) < 4.78 is 1.33. The van der Waals surface area contributed by atoms with Crippen LogP contribution in [-0.2, 0) is 0 Å². The van der Waals surface area contributed by atoms with Crippen LogP contribution in [0.15, 0.2) is 73.3 Å². The van der Waals surface area contributed by atoms with Gasteiger partial charge in [-0.25, -0.2) is 0 Å². The largest absolute Gasteiger partial charge is 0.136 e. The standard InChI is InChI=1S/C25H20S/c1-3-7-20-14-18(10-12-19(20)4-2)11-13-24-16-23-15-21-8-5-6-9-22(21)17-25(23)26-24/h3-17H,2H2,1H3/b7-3-,13-11+. The van der Waals surface area contributed by atoms with E-state index in [9.17, 15) is 0 Å². The van der Waals surface area contributed by atoms with E-state index in [-0.39, 0.29) is 0 Å². The van der Waals surface area contributed by atoms with Crippen LogP contribution in [-0.4, -0.2) is 0 Å². The number of hydrogen-bond acceptors (Lipinski definition) is 1. The van der Waals surface area contributed by atoms with E-state index in [0.717, 1.165) is 5.56 Å². The van der Waals surface area contributed by atoms with E-state index in [1.54, 1.807) is 0 Å². The monoisotopic (exact) mass is 352 g/mol. The Balaban J connectivity index is 1.69. The first-order chi connectivity index (χ1) is 12.8. The molecule has 0 N–H and O–H groups in total. The highest BCUT2D eigenvalue weighted by atomic mass is 32.1. The summed E-state index contributed by atoms with van der Waals surface area (Å²) >= 11 is 1.84. The number of fused-ring (bicyclic) bond motifs is 2. The Morgan fingerprint density at radius 2 is 1.58 bits per heavy atom. The van der Waals surface area contributed by atoms with E-state index in [0.29, 0.717) is 0 Å². The summed E-state index contributed by atoms with van der Waals surface area (Å²) in [7, 11) is 0. The highest BCUT2D eigenvalue weighted by Crippen LogP contribution is 2.31. The summed E-state index contributed by atoms with van der Waals surface area (Å²) in [6.07, 6.45) is 10.5. The van der Waals surface area contributed by atoms with Crippen LogP contribution in [0.1, 0.15) is 28.5 Å². The molecule has 0 spiro atoms. The fourth-order valence-corrected chi connectivity index (χ4v) is 4.21. The molecule has 1 aromatic heterocycles. The van der Waals surface area contributed by atoms with Crippen LogP contribution in [0.5, 0.6) is 0 Å². The molecule has 0 radical (unpaired) electrons. The van der Waals surface area contributed by atoms with Gasteiger partial charge in [0.25, 0.3) is 0 Å². The lowest BCUT2D eigenvalue weighted by molar-refractivity contribution is 1.57. The zero-order valence-electron chi connectivity index (χ0n) is 14.8. The minimum Gasteiger partial charge on any atom is -0.136 e. The van der Waals surface area contributed by atoms with Gasteiger partial charge in [0, 0.05) is 9.58 Å². The lowest BCUT2D eigenvalue weighted by Crippen LogP contribution is -1.82. The SMILES string of the molecule is C=Cc1ccc(/C=C/c2cc3cc4ccccc4cc3s2)cc1/C=C\C. The van der Waals surface area contributed by atoms with Crippen molar-refractivity contribution in [3.05, 3.63) is 94.9 Å². The summed E-state index contributed by atoms with van der Waals surface area (Å²) in [6.45, 7) is 5.93. The van der Waals surface area contributed by atoms with Gasteiger partial charge >= 0.3 is 0 Å². The summed E-state index contributed by atoms with van der Waals surface area (Å²) in [5.41, 5.74) is 3.56. The molecule has 0 aliphatic heterocycles. The molecule has 0 unspecified atom stereocenters. The zero-order chi connectivity index (χ0) is 17.9. The second-order valence-electron chi connectivity index (χ2n) is 6.31. The van der Waals surface area contributed by atoms with E-state index in [2.05, 4.69) is 91.5 Å².